The third kappa shape index (κ3) is 10.5. The van der Waals surface area contributed by atoms with E-state index in [1.807, 2.05) is 54.5 Å². The highest BCUT2D eigenvalue weighted by molar-refractivity contribution is 7.98. The fourth-order valence-electron chi connectivity index (χ4n) is 9.88. The zero-order valence-corrected chi connectivity index (χ0v) is 38.4. The zero-order chi connectivity index (χ0) is 46.6. The van der Waals surface area contributed by atoms with Crippen LogP contribution in [0, 0.1) is 39.2 Å². The Morgan fingerprint density at radius 1 is 1.02 bits per heavy atom. The molecular formula is C52H58N4O9S. The van der Waals surface area contributed by atoms with E-state index in [1.165, 1.54) is 12.1 Å². The number of non-ortho nitro benzene ring substituents is 1. The summed E-state index contributed by atoms with van der Waals surface area (Å²) in [5.41, 5.74) is 3.93. The Morgan fingerprint density at radius 2 is 1.73 bits per heavy atom. The number of fused-ring (bicyclic) bond motifs is 2. The predicted molar refractivity (Wildman–Crippen MR) is 254 cm³/mol. The van der Waals surface area contributed by atoms with Gasteiger partial charge in [-0.25, -0.2) is 0 Å². The second-order valence-corrected chi connectivity index (χ2v) is 17.8. The molecule has 0 radical (unpaired) electrons. The van der Waals surface area contributed by atoms with Crippen molar-refractivity contribution in [2.45, 2.75) is 87.5 Å². The summed E-state index contributed by atoms with van der Waals surface area (Å²) < 4.78 is 21.0. The van der Waals surface area contributed by atoms with E-state index in [0.717, 1.165) is 41.7 Å². The summed E-state index contributed by atoms with van der Waals surface area (Å²) in [6.07, 6.45) is 11.2. The quantitative estimate of drug-likeness (QED) is 0.0252. The largest absolute Gasteiger partial charge is 0.459 e. The lowest BCUT2D eigenvalue weighted by Gasteiger charge is -2.60. The molecule has 0 saturated heterocycles. The van der Waals surface area contributed by atoms with Crippen LogP contribution in [0.1, 0.15) is 91.3 Å². The number of benzene rings is 4. The lowest BCUT2D eigenvalue weighted by atomic mass is 9.55. The number of thioether (sulfide) groups is 1. The molecule has 0 spiro atoms. The fourth-order valence-corrected chi connectivity index (χ4v) is 10.3. The van der Waals surface area contributed by atoms with Crippen molar-refractivity contribution in [1.29, 1.82) is 5.26 Å². The Bertz CT molecular complexity index is 2420. The first-order valence-corrected chi connectivity index (χ1v) is 24.0. The highest BCUT2D eigenvalue weighted by Gasteiger charge is 2.65. The van der Waals surface area contributed by atoms with Gasteiger partial charge in [-0.1, -0.05) is 37.1 Å². The molecule has 4 aromatic carbocycles. The Hall–Kier alpha value is -5.98. The molecule has 346 valence electrons. The molecule has 14 heteroatoms. The van der Waals surface area contributed by atoms with Gasteiger partial charge in [-0.15, -0.1) is 18.3 Å². The molecule has 13 nitrogen and oxygen atoms in total. The molecule has 7 rings (SSSR count). The maximum Gasteiger partial charge on any atom is 0.269 e. The van der Waals surface area contributed by atoms with Crippen molar-refractivity contribution >= 4 is 29.1 Å². The summed E-state index contributed by atoms with van der Waals surface area (Å²) in [5, 5.41) is 45.8. The number of allylic oxidation sites excluding steroid dienone is 1. The number of amides is 1. The normalized spacial score (nSPS) is 22.2. The number of nitriles is 1. The molecule has 4 aromatic rings. The Balaban J connectivity index is 1.43. The molecule has 6 atom stereocenters. The Labute approximate surface area is 390 Å². The Morgan fingerprint density at radius 3 is 2.38 bits per heavy atom. The summed E-state index contributed by atoms with van der Waals surface area (Å²) in [4.78, 5) is 35.1. The number of nitro groups is 1. The average Bonchev–Trinajstić information content (AvgIpc) is 3.34. The molecule has 0 bridgehead atoms. The van der Waals surface area contributed by atoms with E-state index < -0.39 is 22.7 Å². The topological polar surface area (TPSA) is 177 Å². The van der Waals surface area contributed by atoms with Gasteiger partial charge in [0.1, 0.15) is 29.9 Å². The van der Waals surface area contributed by atoms with E-state index in [9.17, 15) is 25.6 Å². The second-order valence-electron chi connectivity index (χ2n) is 16.9. The van der Waals surface area contributed by atoms with Crippen LogP contribution >= 0.6 is 11.8 Å². The maximum atomic E-state index is 15.0. The smallest absolute Gasteiger partial charge is 0.269 e. The Kier molecular flexibility index (Phi) is 16.3. The van der Waals surface area contributed by atoms with Gasteiger partial charge in [-0.3, -0.25) is 14.9 Å². The van der Waals surface area contributed by atoms with Gasteiger partial charge in [0, 0.05) is 60.3 Å². The summed E-state index contributed by atoms with van der Waals surface area (Å²) >= 11 is 1.65. The molecule has 1 saturated carbocycles. The molecule has 66 heavy (non-hydrogen) atoms. The van der Waals surface area contributed by atoms with Gasteiger partial charge < -0.3 is 34.2 Å². The summed E-state index contributed by atoms with van der Waals surface area (Å²) in [7, 11) is 0. The van der Waals surface area contributed by atoms with Crippen molar-refractivity contribution in [3.63, 3.8) is 0 Å². The lowest BCUT2D eigenvalue weighted by Crippen LogP contribution is -2.70. The molecule has 1 aliphatic heterocycles. The molecule has 2 N–H and O–H groups in total. The van der Waals surface area contributed by atoms with Crippen molar-refractivity contribution in [3.8, 4) is 23.3 Å². The van der Waals surface area contributed by atoms with E-state index in [2.05, 4.69) is 24.8 Å². The molecule has 3 aliphatic rings. The maximum absolute atomic E-state index is 15.0. The van der Waals surface area contributed by atoms with Gasteiger partial charge in [0.25, 0.3) is 11.6 Å². The van der Waals surface area contributed by atoms with Crippen molar-refractivity contribution in [2.75, 3.05) is 32.6 Å². The number of rotatable bonds is 22. The van der Waals surface area contributed by atoms with Crippen molar-refractivity contribution in [3.05, 3.63) is 148 Å². The van der Waals surface area contributed by atoms with Crippen LogP contribution in [0.3, 0.4) is 0 Å². The van der Waals surface area contributed by atoms with E-state index in [-0.39, 0.29) is 62.2 Å². The molecule has 1 fully saturated rings. The highest BCUT2D eigenvalue weighted by Crippen LogP contribution is 2.62. The number of carbonyl (C=O) groups excluding carboxylic acids is 1. The van der Waals surface area contributed by atoms with Gasteiger partial charge in [0.05, 0.1) is 34.8 Å². The number of hydrogen-bond donors (Lipinski definition) is 2. The van der Waals surface area contributed by atoms with Crippen molar-refractivity contribution < 1.29 is 39.0 Å². The van der Waals surface area contributed by atoms with Crippen molar-refractivity contribution in [1.82, 2.24) is 4.90 Å². The van der Waals surface area contributed by atoms with Crippen LogP contribution in [0.4, 0.5) is 5.69 Å². The minimum absolute atomic E-state index is 0.00402. The van der Waals surface area contributed by atoms with E-state index in [4.69, 9.17) is 24.2 Å². The fraction of sp³-hybridized carbons (Fsp3) is 0.404. The molecule has 0 aromatic heterocycles. The van der Waals surface area contributed by atoms with Crippen LogP contribution in [0.2, 0.25) is 0 Å². The average molecular weight is 915 g/mol. The molecular weight excluding hydrogens is 857 g/mol. The third-order valence-corrected chi connectivity index (χ3v) is 13.6. The van der Waals surface area contributed by atoms with Gasteiger partial charge >= 0.3 is 0 Å². The van der Waals surface area contributed by atoms with Gasteiger partial charge in [-0.05, 0) is 140 Å². The monoisotopic (exact) mass is 914 g/mol. The van der Waals surface area contributed by atoms with Crippen LogP contribution in [-0.4, -0.2) is 76.1 Å². The molecule has 1 amide bonds. The van der Waals surface area contributed by atoms with Crippen LogP contribution in [0.15, 0.2) is 125 Å². The minimum atomic E-state index is -1.46. The summed E-state index contributed by atoms with van der Waals surface area (Å²) in [5.74, 6) is -0.585. The number of ether oxygens (including phenoxy) is 3. The van der Waals surface area contributed by atoms with E-state index >= 15 is 4.79 Å². The first-order valence-electron chi connectivity index (χ1n) is 22.7. The summed E-state index contributed by atoms with van der Waals surface area (Å²) in [6, 6.07) is 28.0. The van der Waals surface area contributed by atoms with Gasteiger partial charge in [0.2, 0.25) is 5.79 Å². The number of aliphatic hydroxyl groups is 2. The molecule has 6 unspecified atom stereocenters. The number of carbonyl (C=O) groups is 1. The first kappa shape index (κ1) is 48.0. The second kappa shape index (κ2) is 22.5. The van der Waals surface area contributed by atoms with Crippen LogP contribution in [-0.2, 0) is 16.2 Å². The lowest BCUT2D eigenvalue weighted by molar-refractivity contribution is -0.384. The molecule has 2 aliphatic carbocycles. The number of nitrogens with zero attached hydrogens (tertiary/aromatic N) is 4. The standard InChI is InChI=1S/C52H58N4O9S/c1-4-26-55(51(59)37-16-12-35(33-53)13-17-37)48-32-46(54-63-34-36-14-18-39(19-15-36)56(60)61)44-30-38(10-6-8-27-57)43(11-7-9-28-58)49-45-31-41(64-40-20-23-42(66-3)24-21-40)22-25-47(45)65-52(48,50(44)49)62-29-5-2/h5,12-25,30-31,38,43,48-50,57-58H,2,4,6-11,26-29,32,34H2,1,3H3. The molecule has 1 heterocycles. The van der Waals surface area contributed by atoms with E-state index in [0.29, 0.717) is 65.5 Å². The third-order valence-electron chi connectivity index (χ3n) is 12.9. The highest BCUT2D eigenvalue weighted by atomic mass is 32.2. The van der Waals surface area contributed by atoms with E-state index in [1.54, 1.807) is 54.2 Å². The minimum Gasteiger partial charge on any atom is -0.459 e. The van der Waals surface area contributed by atoms with Crippen LogP contribution in [0.25, 0.3) is 0 Å². The zero-order valence-electron chi connectivity index (χ0n) is 37.6. The number of nitro benzene ring substituents is 1. The number of unbranched alkanes of at least 4 members (excludes halogenated alkanes) is 2. The van der Waals surface area contributed by atoms with Gasteiger partial charge in [0.15, 0.2) is 0 Å². The summed E-state index contributed by atoms with van der Waals surface area (Å²) in [6.45, 7) is 6.67. The van der Waals surface area contributed by atoms with Crippen LogP contribution in [0.5, 0.6) is 17.2 Å². The number of aliphatic hydroxyl groups excluding tert-OH is 2. The first-order chi connectivity index (χ1) is 32.2. The van der Waals surface area contributed by atoms with Crippen LogP contribution < -0.4 is 9.47 Å². The predicted octanol–water partition coefficient (Wildman–Crippen LogP) is 10.4. The van der Waals surface area contributed by atoms with Crippen molar-refractivity contribution in [2.24, 2.45) is 22.9 Å². The van der Waals surface area contributed by atoms with Gasteiger partial charge in [-0.2, -0.15) is 5.26 Å². The number of oxime groups is 1. The number of hydrogen-bond acceptors (Lipinski definition) is 12. The SMILES string of the molecule is C=CCOC12Oc3ccc(Oc4ccc(SC)cc4)cc3C3C(CCCCO)C(CCCCO)C=C(C(=NOCc4ccc([N+](=O)[O-])cc4)CC1N(CCC)C(=O)c1ccc(C#N)cc1)C32.